The van der Waals surface area contributed by atoms with Crippen LogP contribution < -0.4 is 10.6 Å². The number of carbonyl (C=O) groups is 3. The predicted octanol–water partition coefficient (Wildman–Crippen LogP) is 0.821. The van der Waals surface area contributed by atoms with Crippen molar-refractivity contribution in [1.82, 2.24) is 15.6 Å². The molecule has 110 valence electrons. The second-order valence-corrected chi connectivity index (χ2v) is 4.86. The molecule has 0 aliphatic rings. The van der Waals surface area contributed by atoms with E-state index in [4.69, 9.17) is 10.2 Å². The van der Waals surface area contributed by atoms with Crippen LogP contribution in [0.3, 0.4) is 0 Å². The molecule has 0 aliphatic carbocycles. The average Bonchev–Trinajstić information content (AvgIpc) is 2.88. The predicted molar refractivity (Wildman–Crippen MR) is 70.5 cm³/mol. The number of hydrogen-bond donors (Lipinski definition) is 4. The topological polar surface area (TPSA) is 129 Å². The van der Waals surface area contributed by atoms with Gasteiger partial charge in [0.2, 0.25) is 0 Å². The van der Waals surface area contributed by atoms with Crippen LogP contribution in [-0.2, 0) is 9.59 Å². The van der Waals surface area contributed by atoms with Gasteiger partial charge in [0.05, 0.1) is 12.5 Å². The maximum atomic E-state index is 11.7. The Hall–Kier alpha value is -2.16. The SMILES string of the molecule is CCC(NC(=O)N[C@H](CC(=O)O)C(=O)O)c1nccs1. The second kappa shape index (κ2) is 7.43. The van der Waals surface area contributed by atoms with Gasteiger partial charge >= 0.3 is 18.0 Å². The maximum absolute atomic E-state index is 11.7. The van der Waals surface area contributed by atoms with Crippen LogP contribution >= 0.6 is 11.3 Å². The number of aromatic nitrogens is 1. The Morgan fingerprint density at radius 1 is 1.35 bits per heavy atom. The lowest BCUT2D eigenvalue weighted by atomic mass is 10.2. The highest BCUT2D eigenvalue weighted by molar-refractivity contribution is 7.09. The number of nitrogens with one attached hydrogen (secondary N) is 2. The number of urea groups is 1. The lowest BCUT2D eigenvalue weighted by Gasteiger charge is -2.17. The molecule has 1 heterocycles. The third-order valence-corrected chi connectivity index (χ3v) is 3.33. The molecule has 8 nitrogen and oxygen atoms in total. The van der Waals surface area contributed by atoms with Crippen molar-refractivity contribution in [3.63, 3.8) is 0 Å². The summed E-state index contributed by atoms with van der Waals surface area (Å²) in [5.41, 5.74) is 0. The van der Waals surface area contributed by atoms with Crippen LogP contribution in [0.1, 0.15) is 30.8 Å². The van der Waals surface area contributed by atoms with Crippen LogP contribution in [0.15, 0.2) is 11.6 Å². The van der Waals surface area contributed by atoms with E-state index in [1.54, 1.807) is 11.6 Å². The highest BCUT2D eigenvalue weighted by atomic mass is 32.1. The lowest BCUT2D eigenvalue weighted by Crippen LogP contribution is -2.47. The third-order valence-electron chi connectivity index (χ3n) is 2.45. The summed E-state index contributed by atoms with van der Waals surface area (Å²) >= 11 is 1.37. The number of aliphatic carboxylic acids is 2. The summed E-state index contributed by atoms with van der Waals surface area (Å²) in [5, 5.41) is 24.6. The zero-order chi connectivity index (χ0) is 15.1. The molecule has 1 aromatic heterocycles. The number of carbonyl (C=O) groups excluding carboxylic acids is 1. The number of carboxylic acids is 2. The van der Waals surface area contributed by atoms with Crippen molar-refractivity contribution in [2.45, 2.75) is 31.8 Å². The molecule has 1 unspecified atom stereocenters. The molecule has 0 aliphatic heterocycles. The molecule has 2 atom stereocenters. The highest BCUT2D eigenvalue weighted by Gasteiger charge is 2.24. The molecule has 0 bridgehead atoms. The van der Waals surface area contributed by atoms with Crippen LogP contribution in [0.5, 0.6) is 0 Å². The largest absolute Gasteiger partial charge is 0.481 e. The van der Waals surface area contributed by atoms with E-state index in [9.17, 15) is 14.4 Å². The van der Waals surface area contributed by atoms with E-state index in [1.165, 1.54) is 11.3 Å². The van der Waals surface area contributed by atoms with Gasteiger partial charge in [-0.2, -0.15) is 0 Å². The van der Waals surface area contributed by atoms with Crippen LogP contribution in [0, 0.1) is 0 Å². The first-order valence-electron chi connectivity index (χ1n) is 5.85. The van der Waals surface area contributed by atoms with E-state index in [0.717, 1.165) is 0 Å². The van der Waals surface area contributed by atoms with Crippen molar-refractivity contribution >= 4 is 29.3 Å². The van der Waals surface area contributed by atoms with Crippen molar-refractivity contribution in [3.8, 4) is 0 Å². The summed E-state index contributed by atoms with van der Waals surface area (Å²) in [4.78, 5) is 37.1. The van der Waals surface area contributed by atoms with Crippen molar-refractivity contribution < 1.29 is 24.6 Å². The Morgan fingerprint density at radius 2 is 2.05 bits per heavy atom. The fraction of sp³-hybridized carbons (Fsp3) is 0.455. The van der Waals surface area contributed by atoms with Gasteiger partial charge in [0.15, 0.2) is 0 Å². The molecule has 0 radical (unpaired) electrons. The summed E-state index contributed by atoms with van der Waals surface area (Å²) < 4.78 is 0. The van der Waals surface area contributed by atoms with Crippen molar-refractivity contribution in [3.05, 3.63) is 16.6 Å². The summed E-state index contributed by atoms with van der Waals surface area (Å²) in [6.45, 7) is 1.85. The lowest BCUT2D eigenvalue weighted by molar-refractivity contribution is -0.145. The minimum Gasteiger partial charge on any atom is -0.481 e. The van der Waals surface area contributed by atoms with Crippen molar-refractivity contribution in [2.24, 2.45) is 0 Å². The van der Waals surface area contributed by atoms with Gasteiger partial charge in [0, 0.05) is 11.6 Å². The number of amides is 2. The Bertz CT molecular complexity index is 476. The molecule has 4 N–H and O–H groups in total. The van der Waals surface area contributed by atoms with Crippen molar-refractivity contribution in [2.75, 3.05) is 0 Å². The zero-order valence-electron chi connectivity index (χ0n) is 10.7. The summed E-state index contributed by atoms with van der Waals surface area (Å²) in [5.74, 6) is -2.70. The van der Waals surface area contributed by atoms with Gasteiger partial charge < -0.3 is 20.8 Å². The monoisotopic (exact) mass is 301 g/mol. The van der Waals surface area contributed by atoms with Gasteiger partial charge in [-0.05, 0) is 6.42 Å². The molecule has 20 heavy (non-hydrogen) atoms. The van der Waals surface area contributed by atoms with Crippen LogP contribution in [0.2, 0.25) is 0 Å². The second-order valence-electron chi connectivity index (χ2n) is 3.94. The number of rotatable bonds is 7. The van der Waals surface area contributed by atoms with E-state index in [1.807, 2.05) is 6.92 Å². The molecular formula is C11H15N3O5S. The van der Waals surface area contributed by atoms with E-state index >= 15 is 0 Å². The summed E-state index contributed by atoms with van der Waals surface area (Å²) in [7, 11) is 0. The van der Waals surface area contributed by atoms with Gasteiger partial charge in [0.25, 0.3) is 0 Å². The van der Waals surface area contributed by atoms with E-state index in [-0.39, 0.29) is 6.04 Å². The molecule has 0 saturated heterocycles. The normalized spacial score (nSPS) is 13.2. The fourth-order valence-corrected chi connectivity index (χ4v) is 2.25. The average molecular weight is 301 g/mol. The first-order valence-corrected chi connectivity index (χ1v) is 6.73. The molecule has 0 aromatic carbocycles. The van der Waals surface area contributed by atoms with Gasteiger partial charge in [-0.3, -0.25) is 4.79 Å². The van der Waals surface area contributed by atoms with Crippen molar-refractivity contribution in [1.29, 1.82) is 0 Å². The number of thiazole rings is 1. The van der Waals surface area contributed by atoms with Gasteiger partial charge in [-0.25, -0.2) is 14.6 Å². The Morgan fingerprint density at radius 3 is 2.50 bits per heavy atom. The first kappa shape index (κ1) is 15.9. The summed E-state index contributed by atoms with van der Waals surface area (Å²) in [6, 6.07) is -2.55. The molecule has 0 fully saturated rings. The third kappa shape index (κ3) is 4.84. The molecule has 2 amide bonds. The molecule has 0 spiro atoms. The fourth-order valence-electron chi connectivity index (χ4n) is 1.48. The molecule has 1 rings (SSSR count). The minimum atomic E-state index is -1.47. The van der Waals surface area contributed by atoms with E-state index in [0.29, 0.717) is 11.4 Å². The Balaban J connectivity index is 2.60. The Labute approximate surface area is 118 Å². The number of nitrogens with zero attached hydrogens (tertiary/aromatic N) is 1. The maximum Gasteiger partial charge on any atom is 0.326 e. The van der Waals surface area contributed by atoms with Gasteiger partial charge in [0.1, 0.15) is 11.0 Å². The summed E-state index contributed by atoms with van der Waals surface area (Å²) in [6.07, 6.45) is 1.50. The van der Waals surface area contributed by atoms with Crippen LogP contribution in [-0.4, -0.2) is 39.2 Å². The molecule has 1 aromatic rings. The smallest absolute Gasteiger partial charge is 0.326 e. The first-order chi connectivity index (χ1) is 9.43. The molecule has 0 saturated carbocycles. The molecular weight excluding hydrogens is 286 g/mol. The zero-order valence-corrected chi connectivity index (χ0v) is 11.5. The van der Waals surface area contributed by atoms with E-state index in [2.05, 4.69) is 15.6 Å². The van der Waals surface area contributed by atoms with Gasteiger partial charge in [-0.15, -0.1) is 11.3 Å². The standard InChI is InChI=1S/C11H15N3O5S/c1-2-6(9-12-3-4-20-9)13-11(19)14-7(10(17)18)5-8(15)16/h3-4,6-7H,2,5H2,1H3,(H,15,16)(H,17,18)(H2,13,14,19)/t6?,7-/m1/s1. The Kier molecular flexibility index (Phi) is 5.91. The van der Waals surface area contributed by atoms with Crippen LogP contribution in [0.4, 0.5) is 4.79 Å². The van der Waals surface area contributed by atoms with E-state index < -0.39 is 30.4 Å². The quantitative estimate of drug-likeness (QED) is 0.590. The highest BCUT2D eigenvalue weighted by Crippen LogP contribution is 2.18. The number of hydrogen-bond acceptors (Lipinski definition) is 5. The van der Waals surface area contributed by atoms with Crippen LogP contribution in [0.25, 0.3) is 0 Å². The molecule has 9 heteroatoms. The number of carboxylic acid groups (broad SMARTS) is 2. The minimum absolute atomic E-state index is 0.339. The van der Waals surface area contributed by atoms with Gasteiger partial charge in [-0.1, -0.05) is 6.92 Å².